The normalized spacial score (nSPS) is 13.7. The second-order valence-electron chi connectivity index (χ2n) is 9.78. The molecular formula is C27H30F2N2O4. The van der Waals surface area contributed by atoms with Crippen LogP contribution >= 0.6 is 0 Å². The Kier molecular flexibility index (Phi) is 7.10. The summed E-state index contributed by atoms with van der Waals surface area (Å²) < 4.78 is 36.1. The van der Waals surface area contributed by atoms with Crippen molar-refractivity contribution in [2.75, 3.05) is 0 Å². The first-order valence-electron chi connectivity index (χ1n) is 11.9. The van der Waals surface area contributed by atoms with E-state index >= 15 is 0 Å². The number of ether oxygens (including phenoxy) is 1. The summed E-state index contributed by atoms with van der Waals surface area (Å²) in [7, 11) is 0. The van der Waals surface area contributed by atoms with Crippen LogP contribution in [0.1, 0.15) is 49.9 Å². The largest absolute Gasteiger partial charge is 0.478 e. The van der Waals surface area contributed by atoms with Gasteiger partial charge in [-0.05, 0) is 87.3 Å². The van der Waals surface area contributed by atoms with Crippen LogP contribution in [0, 0.1) is 17.6 Å². The first-order chi connectivity index (χ1) is 16.6. The number of carbonyl (C=O) groups is 1. The SMILES string of the molecule is CC(C)(Oc1ccc(CCCc2cn(Cc3cc(F)cc(F)c3)c(=O)n2CC2CC2)cc1)C(=O)O. The van der Waals surface area contributed by atoms with Crippen LogP contribution in [0.3, 0.4) is 0 Å². The Morgan fingerprint density at radius 2 is 1.71 bits per heavy atom. The van der Waals surface area contributed by atoms with Crippen LogP contribution < -0.4 is 10.4 Å². The van der Waals surface area contributed by atoms with Crippen molar-refractivity contribution >= 4 is 5.97 Å². The highest BCUT2D eigenvalue weighted by molar-refractivity contribution is 5.76. The molecule has 8 heteroatoms. The van der Waals surface area contributed by atoms with Crippen molar-refractivity contribution in [1.29, 1.82) is 0 Å². The lowest BCUT2D eigenvalue weighted by Crippen LogP contribution is -2.37. The number of aliphatic carboxylic acids is 1. The minimum absolute atomic E-state index is 0.117. The number of carboxylic acid groups (broad SMARTS) is 1. The molecule has 1 aliphatic carbocycles. The summed E-state index contributed by atoms with van der Waals surface area (Å²) in [5.74, 6) is -1.35. The lowest BCUT2D eigenvalue weighted by molar-refractivity contribution is -0.152. The fourth-order valence-corrected chi connectivity index (χ4v) is 4.08. The highest BCUT2D eigenvalue weighted by atomic mass is 19.1. The Bertz CT molecular complexity index is 1240. The molecular weight excluding hydrogens is 454 g/mol. The molecule has 0 aliphatic heterocycles. The van der Waals surface area contributed by atoms with Gasteiger partial charge in [0, 0.05) is 24.5 Å². The Morgan fingerprint density at radius 3 is 2.31 bits per heavy atom. The maximum atomic E-state index is 13.6. The van der Waals surface area contributed by atoms with Crippen molar-refractivity contribution in [2.45, 2.75) is 64.6 Å². The average molecular weight is 485 g/mol. The van der Waals surface area contributed by atoms with Crippen molar-refractivity contribution in [3.05, 3.63) is 87.6 Å². The first-order valence-corrected chi connectivity index (χ1v) is 11.9. The van der Waals surface area contributed by atoms with E-state index in [9.17, 15) is 23.5 Å². The molecule has 0 saturated heterocycles. The fourth-order valence-electron chi connectivity index (χ4n) is 4.08. The third kappa shape index (κ3) is 6.38. The molecule has 1 saturated carbocycles. The first kappa shape index (κ1) is 24.7. The number of aryl methyl sites for hydroxylation is 2. The molecule has 0 amide bonds. The molecule has 0 atom stereocenters. The molecule has 1 fully saturated rings. The van der Waals surface area contributed by atoms with Crippen LogP contribution in [0.5, 0.6) is 5.75 Å². The van der Waals surface area contributed by atoms with E-state index in [1.54, 1.807) is 22.9 Å². The van der Waals surface area contributed by atoms with Gasteiger partial charge in [-0.2, -0.15) is 0 Å². The number of nitrogens with zero attached hydrogens (tertiary/aromatic N) is 2. The highest BCUT2D eigenvalue weighted by Crippen LogP contribution is 2.30. The zero-order chi connectivity index (χ0) is 25.2. The number of halogens is 2. The third-order valence-electron chi connectivity index (χ3n) is 6.25. The molecule has 1 N–H and O–H groups in total. The van der Waals surface area contributed by atoms with Crippen LogP contribution in [0.4, 0.5) is 8.78 Å². The Labute approximate surface area is 202 Å². The van der Waals surface area contributed by atoms with E-state index in [1.165, 1.54) is 30.5 Å². The quantitative estimate of drug-likeness (QED) is 0.424. The van der Waals surface area contributed by atoms with Gasteiger partial charge in [0.25, 0.3) is 0 Å². The number of benzene rings is 2. The van der Waals surface area contributed by atoms with Crippen molar-refractivity contribution in [3.8, 4) is 5.75 Å². The number of hydrogen-bond acceptors (Lipinski definition) is 3. The fraction of sp³-hybridized carbons (Fsp3) is 0.407. The van der Waals surface area contributed by atoms with Gasteiger partial charge in [0.2, 0.25) is 0 Å². The van der Waals surface area contributed by atoms with E-state index in [0.29, 0.717) is 30.2 Å². The molecule has 186 valence electrons. The summed E-state index contributed by atoms with van der Waals surface area (Å²) in [5, 5.41) is 9.21. The van der Waals surface area contributed by atoms with Gasteiger partial charge in [-0.3, -0.25) is 9.13 Å². The minimum Gasteiger partial charge on any atom is -0.478 e. The summed E-state index contributed by atoms with van der Waals surface area (Å²) in [4.78, 5) is 24.3. The van der Waals surface area contributed by atoms with Gasteiger partial charge >= 0.3 is 11.7 Å². The topological polar surface area (TPSA) is 73.5 Å². The van der Waals surface area contributed by atoms with Gasteiger partial charge in [-0.15, -0.1) is 0 Å². The predicted octanol–water partition coefficient (Wildman–Crippen LogP) is 4.80. The number of hydrogen-bond donors (Lipinski definition) is 1. The molecule has 1 aromatic heterocycles. The van der Waals surface area contributed by atoms with E-state index in [-0.39, 0.29) is 12.2 Å². The number of carboxylic acids is 1. The monoisotopic (exact) mass is 484 g/mol. The zero-order valence-electron chi connectivity index (χ0n) is 20.0. The molecule has 3 aromatic rings. The molecule has 0 radical (unpaired) electrons. The molecule has 6 nitrogen and oxygen atoms in total. The Morgan fingerprint density at radius 1 is 1.06 bits per heavy atom. The molecule has 0 unspecified atom stereocenters. The van der Waals surface area contributed by atoms with E-state index in [4.69, 9.17) is 4.74 Å². The molecule has 35 heavy (non-hydrogen) atoms. The average Bonchev–Trinajstić information content (AvgIpc) is 3.55. The van der Waals surface area contributed by atoms with E-state index < -0.39 is 23.2 Å². The highest BCUT2D eigenvalue weighted by Gasteiger charge is 2.29. The molecule has 4 rings (SSSR count). The predicted molar refractivity (Wildman–Crippen MR) is 128 cm³/mol. The van der Waals surface area contributed by atoms with Crippen LogP contribution in [0.25, 0.3) is 0 Å². The Balaban J connectivity index is 1.42. The molecule has 2 aromatic carbocycles. The zero-order valence-corrected chi connectivity index (χ0v) is 20.0. The minimum atomic E-state index is -1.31. The molecule has 0 bridgehead atoms. The summed E-state index contributed by atoms with van der Waals surface area (Å²) in [6, 6.07) is 10.7. The smallest absolute Gasteiger partial charge is 0.347 e. The van der Waals surface area contributed by atoms with Gasteiger partial charge in [0.1, 0.15) is 17.4 Å². The van der Waals surface area contributed by atoms with Gasteiger partial charge < -0.3 is 9.84 Å². The van der Waals surface area contributed by atoms with Crippen LogP contribution in [0.15, 0.2) is 53.5 Å². The molecule has 0 spiro atoms. The molecule has 1 aliphatic rings. The summed E-state index contributed by atoms with van der Waals surface area (Å²) in [6.07, 6.45) is 6.30. The van der Waals surface area contributed by atoms with Crippen molar-refractivity contribution in [2.24, 2.45) is 5.92 Å². The second-order valence-corrected chi connectivity index (χ2v) is 9.78. The van der Waals surface area contributed by atoms with Crippen molar-refractivity contribution in [1.82, 2.24) is 9.13 Å². The standard InChI is InChI=1S/C27H30F2N2O4/c1-27(2,25(32)33)35-24-10-8-18(9-11-24)4-3-5-23-17-30(26(34)31(23)16-19-6-7-19)15-20-12-21(28)14-22(29)13-20/h8-14,17,19H,3-7,15-16H2,1-2H3,(H,32,33). The van der Waals surface area contributed by atoms with E-state index in [2.05, 4.69) is 0 Å². The maximum Gasteiger partial charge on any atom is 0.347 e. The van der Waals surface area contributed by atoms with Crippen molar-refractivity contribution < 1.29 is 23.4 Å². The van der Waals surface area contributed by atoms with Crippen molar-refractivity contribution in [3.63, 3.8) is 0 Å². The van der Waals surface area contributed by atoms with Crippen LogP contribution in [-0.2, 0) is 30.7 Å². The second kappa shape index (κ2) is 10.1. The number of aromatic nitrogens is 2. The van der Waals surface area contributed by atoms with E-state index in [1.807, 2.05) is 12.1 Å². The van der Waals surface area contributed by atoms with Gasteiger partial charge in [0.05, 0.1) is 6.54 Å². The summed E-state index contributed by atoms with van der Waals surface area (Å²) in [6.45, 7) is 3.79. The van der Waals surface area contributed by atoms with E-state index in [0.717, 1.165) is 43.0 Å². The maximum absolute atomic E-state index is 13.6. The Hall–Kier alpha value is -3.42. The summed E-state index contributed by atoms with van der Waals surface area (Å²) in [5.41, 5.74) is 0.947. The van der Waals surface area contributed by atoms with Gasteiger partial charge in [0.15, 0.2) is 5.60 Å². The van der Waals surface area contributed by atoms with Gasteiger partial charge in [-0.1, -0.05) is 12.1 Å². The molecule has 1 heterocycles. The van der Waals surface area contributed by atoms with Crippen LogP contribution in [0.2, 0.25) is 0 Å². The summed E-state index contributed by atoms with van der Waals surface area (Å²) >= 11 is 0. The third-order valence-corrected chi connectivity index (χ3v) is 6.25. The number of imidazole rings is 1. The lowest BCUT2D eigenvalue weighted by Gasteiger charge is -2.21. The van der Waals surface area contributed by atoms with Crippen LogP contribution in [-0.4, -0.2) is 25.8 Å². The lowest BCUT2D eigenvalue weighted by atomic mass is 10.1. The van der Waals surface area contributed by atoms with Gasteiger partial charge in [-0.25, -0.2) is 18.4 Å². The number of rotatable bonds is 11.